The van der Waals surface area contributed by atoms with E-state index in [-0.39, 0.29) is 0 Å². The first-order valence-corrected chi connectivity index (χ1v) is 11.1. The highest BCUT2D eigenvalue weighted by atomic mass is 35.5. The van der Waals surface area contributed by atoms with Crippen LogP contribution in [0, 0.1) is 5.92 Å². The molecular formula is C26H25ClN2O3. The lowest BCUT2D eigenvalue weighted by Crippen LogP contribution is -2.13. The molecule has 164 valence electrons. The Morgan fingerprint density at radius 2 is 1.94 bits per heavy atom. The number of halogens is 1. The first kappa shape index (κ1) is 21.9. The molecule has 0 radical (unpaired) electrons. The van der Waals surface area contributed by atoms with Crippen LogP contribution >= 0.6 is 11.6 Å². The van der Waals surface area contributed by atoms with Crippen molar-refractivity contribution in [3.8, 4) is 22.7 Å². The normalized spacial score (nSPS) is 14.4. The van der Waals surface area contributed by atoms with E-state index in [1.54, 1.807) is 6.92 Å². The van der Waals surface area contributed by atoms with Crippen LogP contribution in [-0.2, 0) is 4.79 Å². The average molecular weight is 449 g/mol. The summed E-state index contributed by atoms with van der Waals surface area (Å²) in [6, 6.07) is 19.7. The molecule has 0 fully saturated rings. The number of rotatable bonds is 8. The van der Waals surface area contributed by atoms with E-state index in [0.29, 0.717) is 18.8 Å². The van der Waals surface area contributed by atoms with Crippen LogP contribution < -0.4 is 4.74 Å². The minimum Gasteiger partial charge on any atom is -0.493 e. The van der Waals surface area contributed by atoms with Crippen LogP contribution in [0.2, 0.25) is 0 Å². The molecule has 0 amide bonds. The zero-order valence-electron chi connectivity index (χ0n) is 17.9. The molecule has 3 aromatic rings. The van der Waals surface area contributed by atoms with Crippen molar-refractivity contribution in [1.82, 2.24) is 9.78 Å². The van der Waals surface area contributed by atoms with Crippen molar-refractivity contribution < 1.29 is 14.6 Å². The quantitative estimate of drug-likeness (QED) is 0.437. The lowest BCUT2D eigenvalue weighted by molar-refractivity contribution is -0.141. The van der Waals surface area contributed by atoms with Crippen LogP contribution in [0.3, 0.4) is 0 Å². The molecule has 0 spiro atoms. The Balaban J connectivity index is 1.72. The number of carbonyl (C=O) groups is 1. The van der Waals surface area contributed by atoms with Gasteiger partial charge in [0.2, 0.25) is 0 Å². The number of aliphatic carboxylic acids is 1. The number of benzene rings is 2. The summed E-state index contributed by atoms with van der Waals surface area (Å²) in [7, 11) is 0. The van der Waals surface area contributed by atoms with Gasteiger partial charge in [0.1, 0.15) is 5.75 Å². The average Bonchev–Trinajstić information content (AvgIpc) is 3.25. The molecule has 6 heteroatoms. The fraction of sp³-hybridized carbons (Fsp3) is 0.231. The Hall–Kier alpha value is -3.31. The largest absolute Gasteiger partial charge is 0.493 e. The number of allylic oxidation sites excluding steroid dienone is 4. The van der Waals surface area contributed by atoms with Crippen molar-refractivity contribution >= 4 is 23.1 Å². The molecule has 1 aliphatic rings. The number of carboxylic acids is 1. The van der Waals surface area contributed by atoms with Crippen molar-refractivity contribution in [2.75, 3.05) is 6.61 Å². The zero-order valence-corrected chi connectivity index (χ0v) is 18.6. The standard InChI is InChI=1S/C26H25ClN2O3/c1-18(26(30)31)15-16-32-25-14-8-6-12-21(25)23-17-24(20-11-5-7-13-22(20)27)29(28-23)19-9-3-2-4-10-19/h2-4,6-10,12-14,17-18H,5,11,15-16H2,1H3,(H,30,31)/t18-/m1/s1. The van der Waals surface area contributed by atoms with E-state index >= 15 is 0 Å². The Kier molecular flexibility index (Phi) is 6.76. The van der Waals surface area contributed by atoms with E-state index in [2.05, 4.69) is 6.08 Å². The van der Waals surface area contributed by atoms with Crippen LogP contribution in [0.5, 0.6) is 5.75 Å². The van der Waals surface area contributed by atoms with Crippen molar-refractivity contribution in [2.45, 2.75) is 26.2 Å². The molecule has 1 aromatic heterocycles. The molecule has 2 aromatic carbocycles. The van der Waals surface area contributed by atoms with Crippen LogP contribution in [-0.4, -0.2) is 27.5 Å². The zero-order chi connectivity index (χ0) is 22.5. The van der Waals surface area contributed by atoms with Crippen LogP contribution in [0.25, 0.3) is 22.5 Å². The predicted molar refractivity (Wildman–Crippen MR) is 127 cm³/mol. The van der Waals surface area contributed by atoms with Gasteiger partial charge in [0.15, 0.2) is 0 Å². The number of nitrogens with zero attached hydrogens (tertiary/aromatic N) is 2. The Morgan fingerprint density at radius 1 is 1.19 bits per heavy atom. The predicted octanol–water partition coefficient (Wildman–Crippen LogP) is 6.33. The van der Waals surface area contributed by atoms with E-state index in [9.17, 15) is 4.79 Å². The van der Waals surface area contributed by atoms with Gasteiger partial charge >= 0.3 is 5.97 Å². The summed E-state index contributed by atoms with van der Waals surface area (Å²) in [6.45, 7) is 2.00. The van der Waals surface area contributed by atoms with Gasteiger partial charge in [-0.25, -0.2) is 4.68 Å². The lowest BCUT2D eigenvalue weighted by atomic mass is 10.0. The Morgan fingerprint density at radius 3 is 2.69 bits per heavy atom. The fourth-order valence-electron chi connectivity index (χ4n) is 3.65. The molecule has 1 atom stereocenters. The third-order valence-electron chi connectivity index (χ3n) is 5.53. The van der Waals surface area contributed by atoms with Crippen LogP contribution in [0.15, 0.2) is 77.8 Å². The van der Waals surface area contributed by atoms with Gasteiger partial charge in [-0.3, -0.25) is 4.79 Å². The van der Waals surface area contributed by atoms with Crippen molar-refractivity contribution in [2.24, 2.45) is 5.92 Å². The van der Waals surface area contributed by atoms with Gasteiger partial charge < -0.3 is 9.84 Å². The van der Waals surface area contributed by atoms with Gasteiger partial charge in [-0.1, -0.05) is 54.9 Å². The van der Waals surface area contributed by atoms with E-state index in [0.717, 1.165) is 46.1 Å². The highest BCUT2D eigenvalue weighted by Gasteiger charge is 2.20. The molecule has 0 bridgehead atoms. The third-order valence-corrected chi connectivity index (χ3v) is 5.88. The topological polar surface area (TPSA) is 64.4 Å². The second-order valence-corrected chi connectivity index (χ2v) is 8.21. The molecule has 0 aliphatic heterocycles. The molecule has 1 heterocycles. The van der Waals surface area contributed by atoms with Crippen molar-refractivity contribution in [3.05, 3.63) is 83.5 Å². The highest BCUT2D eigenvalue weighted by Crippen LogP contribution is 2.36. The Labute approximate surface area is 192 Å². The fourth-order valence-corrected chi connectivity index (χ4v) is 3.93. The molecule has 5 nitrogen and oxygen atoms in total. The smallest absolute Gasteiger partial charge is 0.306 e. The second kappa shape index (κ2) is 9.88. The first-order chi connectivity index (χ1) is 15.5. The number of para-hydroxylation sites is 2. The molecule has 1 N–H and O–H groups in total. The van der Waals surface area contributed by atoms with E-state index in [1.807, 2.05) is 71.4 Å². The van der Waals surface area contributed by atoms with Gasteiger partial charge in [-0.05, 0) is 61.2 Å². The van der Waals surface area contributed by atoms with Gasteiger partial charge in [0, 0.05) is 10.6 Å². The molecule has 0 saturated carbocycles. The minimum atomic E-state index is -0.820. The summed E-state index contributed by atoms with van der Waals surface area (Å²) in [5.41, 5.74) is 4.60. The van der Waals surface area contributed by atoms with Crippen LogP contribution in [0.4, 0.5) is 0 Å². The lowest BCUT2D eigenvalue weighted by Gasteiger charge is -2.14. The maximum Gasteiger partial charge on any atom is 0.306 e. The molecule has 32 heavy (non-hydrogen) atoms. The summed E-state index contributed by atoms with van der Waals surface area (Å²) in [6.07, 6.45) is 6.24. The van der Waals surface area contributed by atoms with E-state index in [4.69, 9.17) is 26.5 Å². The monoisotopic (exact) mass is 448 g/mol. The number of hydrogen-bond donors (Lipinski definition) is 1. The molecule has 0 saturated heterocycles. The van der Waals surface area contributed by atoms with Crippen molar-refractivity contribution in [3.63, 3.8) is 0 Å². The SMILES string of the molecule is C[C@H](CCOc1ccccc1-c1cc(C2=C(Cl)C=CCC2)n(-c2ccccc2)n1)C(=O)O. The molecule has 4 rings (SSSR count). The van der Waals surface area contributed by atoms with Gasteiger partial charge in [0.25, 0.3) is 0 Å². The Bertz CT molecular complexity index is 1160. The highest BCUT2D eigenvalue weighted by molar-refractivity contribution is 6.34. The number of ether oxygens (including phenoxy) is 1. The number of hydrogen-bond acceptors (Lipinski definition) is 3. The summed E-state index contributed by atoms with van der Waals surface area (Å²) >= 11 is 6.57. The number of carboxylic acid groups (broad SMARTS) is 1. The molecular weight excluding hydrogens is 424 g/mol. The van der Waals surface area contributed by atoms with E-state index in [1.165, 1.54) is 0 Å². The summed E-state index contributed by atoms with van der Waals surface area (Å²) in [5.74, 6) is -0.600. The van der Waals surface area contributed by atoms with Gasteiger partial charge in [-0.2, -0.15) is 5.10 Å². The summed E-state index contributed by atoms with van der Waals surface area (Å²) in [4.78, 5) is 11.1. The minimum absolute atomic E-state index is 0.318. The third kappa shape index (κ3) is 4.78. The number of aromatic nitrogens is 2. The van der Waals surface area contributed by atoms with Crippen molar-refractivity contribution in [1.29, 1.82) is 0 Å². The summed E-state index contributed by atoms with van der Waals surface area (Å²) < 4.78 is 7.90. The second-order valence-electron chi connectivity index (χ2n) is 7.80. The van der Waals surface area contributed by atoms with Gasteiger partial charge in [0.05, 0.1) is 29.6 Å². The van der Waals surface area contributed by atoms with Gasteiger partial charge in [-0.15, -0.1) is 0 Å². The maximum absolute atomic E-state index is 11.1. The van der Waals surface area contributed by atoms with E-state index < -0.39 is 11.9 Å². The maximum atomic E-state index is 11.1. The first-order valence-electron chi connectivity index (χ1n) is 10.7. The molecule has 0 unspecified atom stereocenters. The summed E-state index contributed by atoms with van der Waals surface area (Å²) in [5, 5.41) is 14.8. The van der Waals surface area contributed by atoms with Crippen LogP contribution in [0.1, 0.15) is 31.9 Å². The molecule has 1 aliphatic carbocycles.